The van der Waals surface area contributed by atoms with E-state index >= 15 is 0 Å². The number of hydrogen-bond donors (Lipinski definition) is 1. The van der Waals surface area contributed by atoms with Gasteiger partial charge in [0, 0.05) is 5.56 Å². The van der Waals surface area contributed by atoms with Gasteiger partial charge in [0.2, 0.25) is 0 Å². The quantitative estimate of drug-likeness (QED) is 0.846. The lowest BCUT2D eigenvalue weighted by molar-refractivity contribution is 0.00455. The molecule has 1 saturated heterocycles. The van der Waals surface area contributed by atoms with E-state index in [9.17, 15) is 0 Å². The van der Waals surface area contributed by atoms with Gasteiger partial charge in [0.15, 0.2) is 0 Å². The summed E-state index contributed by atoms with van der Waals surface area (Å²) in [4.78, 5) is 0. The van der Waals surface area contributed by atoms with Crippen LogP contribution in [-0.2, 0) is 20.4 Å². The van der Waals surface area contributed by atoms with Crippen LogP contribution in [0.1, 0.15) is 18.4 Å². The molecule has 0 saturated carbocycles. The van der Waals surface area contributed by atoms with E-state index in [4.69, 9.17) is 18.3 Å². The van der Waals surface area contributed by atoms with Gasteiger partial charge in [-0.3, -0.25) is 9.05 Å². The minimum atomic E-state index is -1.32. The van der Waals surface area contributed by atoms with Crippen LogP contribution >= 0.6 is 8.60 Å². The molecule has 3 unspecified atom stereocenters. The Balaban J connectivity index is 1.45. The summed E-state index contributed by atoms with van der Waals surface area (Å²) in [5.41, 5.74) is 1.06. The van der Waals surface area contributed by atoms with Crippen molar-refractivity contribution in [2.24, 2.45) is 0 Å². The molecule has 3 rings (SSSR count). The van der Waals surface area contributed by atoms with Crippen molar-refractivity contribution in [3.8, 4) is 5.75 Å². The molecule has 0 radical (unpaired) electrons. The van der Waals surface area contributed by atoms with Gasteiger partial charge in [0.25, 0.3) is 0 Å². The van der Waals surface area contributed by atoms with Crippen LogP contribution in [-0.4, -0.2) is 18.9 Å². The van der Waals surface area contributed by atoms with E-state index in [2.05, 4.69) is 11.9 Å². The van der Waals surface area contributed by atoms with Crippen molar-refractivity contribution in [1.82, 2.24) is 5.32 Å². The monoisotopic (exact) mass is 295 g/mol. The predicted molar refractivity (Wildman–Crippen MR) is 76.0 cm³/mol. The summed E-state index contributed by atoms with van der Waals surface area (Å²) in [5.74, 6) is 0.850. The molecule has 6 heteroatoms. The van der Waals surface area contributed by atoms with Crippen molar-refractivity contribution in [3.05, 3.63) is 42.6 Å². The molecule has 1 N–H and O–H groups in total. The van der Waals surface area contributed by atoms with Crippen molar-refractivity contribution >= 4 is 8.60 Å². The van der Waals surface area contributed by atoms with E-state index in [0.717, 1.165) is 24.2 Å². The van der Waals surface area contributed by atoms with E-state index in [1.165, 1.54) is 0 Å². The van der Waals surface area contributed by atoms with Crippen molar-refractivity contribution < 1.29 is 18.3 Å². The lowest BCUT2D eigenvalue weighted by atomic mass is 10.2. The Morgan fingerprint density at radius 2 is 2.30 bits per heavy atom. The molecule has 1 aromatic rings. The van der Waals surface area contributed by atoms with Gasteiger partial charge in [0.05, 0.1) is 19.3 Å². The zero-order valence-electron chi connectivity index (χ0n) is 11.2. The molecular formula is C14H18NO4P. The number of hydrogen-bond acceptors (Lipinski definition) is 5. The number of benzene rings is 1. The van der Waals surface area contributed by atoms with Crippen molar-refractivity contribution in [1.29, 1.82) is 0 Å². The van der Waals surface area contributed by atoms with Gasteiger partial charge in [-0.25, -0.2) is 0 Å². The number of para-hydroxylation sites is 1. The highest BCUT2D eigenvalue weighted by Crippen LogP contribution is 2.47. The molecule has 0 bridgehead atoms. The van der Waals surface area contributed by atoms with Gasteiger partial charge in [-0.05, 0) is 25.1 Å². The summed E-state index contributed by atoms with van der Waals surface area (Å²) >= 11 is 0. The summed E-state index contributed by atoms with van der Waals surface area (Å²) in [7, 11) is -1.32. The lowest BCUT2D eigenvalue weighted by Crippen LogP contribution is -2.25. The summed E-state index contributed by atoms with van der Waals surface area (Å²) in [6.07, 6.45) is 3.71. The maximum Gasteiger partial charge on any atom is 0.397 e. The second kappa shape index (κ2) is 6.55. The summed E-state index contributed by atoms with van der Waals surface area (Å²) < 4.78 is 22.7. The number of ether oxygens (including phenoxy) is 1. The fraction of sp³-hybridized carbons (Fsp3) is 0.429. The predicted octanol–water partition coefficient (Wildman–Crippen LogP) is 3.08. The van der Waals surface area contributed by atoms with Crippen molar-refractivity contribution in [2.45, 2.75) is 31.8 Å². The van der Waals surface area contributed by atoms with Gasteiger partial charge in [0.1, 0.15) is 12.0 Å². The lowest BCUT2D eigenvalue weighted by Gasteiger charge is -2.24. The minimum Gasteiger partial charge on any atom is -0.426 e. The highest BCUT2D eigenvalue weighted by molar-refractivity contribution is 7.42. The van der Waals surface area contributed by atoms with Crippen LogP contribution in [0.15, 0.2) is 37.0 Å². The van der Waals surface area contributed by atoms with Crippen LogP contribution in [0.3, 0.4) is 0 Å². The first-order chi connectivity index (χ1) is 9.85. The fourth-order valence-corrected chi connectivity index (χ4v) is 3.28. The van der Waals surface area contributed by atoms with Crippen LogP contribution in [0.2, 0.25) is 0 Å². The second-order valence-corrected chi connectivity index (χ2v) is 5.83. The first-order valence-corrected chi connectivity index (χ1v) is 7.79. The molecule has 0 spiro atoms. The first kappa shape index (κ1) is 13.8. The zero-order chi connectivity index (χ0) is 13.8. The molecule has 0 amide bonds. The first-order valence-electron chi connectivity index (χ1n) is 6.69. The number of fused-ring (bicyclic) bond motifs is 1. The second-order valence-electron chi connectivity index (χ2n) is 4.69. The van der Waals surface area contributed by atoms with Gasteiger partial charge in [-0.1, -0.05) is 24.8 Å². The van der Waals surface area contributed by atoms with Gasteiger partial charge in [-0.15, -0.1) is 0 Å². The van der Waals surface area contributed by atoms with Crippen LogP contribution in [0.4, 0.5) is 0 Å². The fourth-order valence-electron chi connectivity index (χ4n) is 2.23. The smallest absolute Gasteiger partial charge is 0.397 e. The number of nitrogens with one attached hydrogen (secondary N) is 1. The Morgan fingerprint density at radius 1 is 1.40 bits per heavy atom. The standard InChI is InChI=1S/C14H18NO4P/c1-2-15-14-8-7-12(18-14)10-17-20-16-9-11-5-3-4-6-13(11)19-20/h2-6,12,14-15H,1,7-10H2. The third-order valence-corrected chi connectivity index (χ3v) is 4.29. The van der Waals surface area contributed by atoms with Gasteiger partial charge in [-0.2, -0.15) is 0 Å². The topological polar surface area (TPSA) is 49.0 Å². The van der Waals surface area contributed by atoms with E-state index in [0.29, 0.717) is 13.2 Å². The molecule has 0 aromatic heterocycles. The molecule has 1 fully saturated rings. The molecule has 3 atom stereocenters. The maximum absolute atomic E-state index is 5.75. The summed E-state index contributed by atoms with van der Waals surface area (Å²) in [6.45, 7) is 4.66. The molecule has 5 nitrogen and oxygen atoms in total. The number of rotatable bonds is 5. The van der Waals surface area contributed by atoms with Gasteiger partial charge < -0.3 is 14.6 Å². The highest BCUT2D eigenvalue weighted by atomic mass is 31.2. The van der Waals surface area contributed by atoms with Crippen LogP contribution in [0.5, 0.6) is 5.75 Å². The van der Waals surface area contributed by atoms with Crippen LogP contribution < -0.4 is 9.84 Å². The molecule has 108 valence electrons. The molecule has 2 aliphatic heterocycles. The Bertz CT molecular complexity index is 470. The Labute approximate surface area is 119 Å². The maximum atomic E-state index is 5.75. The SMILES string of the molecule is C=CNC1CCC(COP2OCc3ccccc3O2)O1. The third kappa shape index (κ3) is 3.30. The van der Waals surface area contributed by atoms with E-state index < -0.39 is 8.60 Å². The Morgan fingerprint density at radius 3 is 3.20 bits per heavy atom. The summed E-state index contributed by atoms with van der Waals surface area (Å²) in [6, 6.07) is 7.85. The largest absolute Gasteiger partial charge is 0.426 e. The third-order valence-electron chi connectivity index (χ3n) is 3.25. The normalized spacial score (nSPS) is 28.5. The molecule has 2 heterocycles. The summed E-state index contributed by atoms with van der Waals surface area (Å²) in [5, 5.41) is 3.05. The van der Waals surface area contributed by atoms with Crippen molar-refractivity contribution in [3.63, 3.8) is 0 Å². The van der Waals surface area contributed by atoms with E-state index in [1.54, 1.807) is 6.20 Å². The molecule has 0 aliphatic carbocycles. The Hall–Kier alpha value is -1.13. The average molecular weight is 295 g/mol. The van der Waals surface area contributed by atoms with Crippen LogP contribution in [0, 0.1) is 0 Å². The average Bonchev–Trinajstić information content (AvgIpc) is 2.93. The van der Waals surface area contributed by atoms with Crippen molar-refractivity contribution in [2.75, 3.05) is 6.61 Å². The van der Waals surface area contributed by atoms with E-state index in [-0.39, 0.29) is 12.3 Å². The molecular weight excluding hydrogens is 277 g/mol. The Kier molecular flexibility index (Phi) is 4.53. The molecule has 2 aliphatic rings. The van der Waals surface area contributed by atoms with E-state index in [1.807, 2.05) is 24.3 Å². The van der Waals surface area contributed by atoms with Crippen LogP contribution in [0.25, 0.3) is 0 Å². The molecule has 20 heavy (non-hydrogen) atoms. The minimum absolute atomic E-state index is 0.0443. The van der Waals surface area contributed by atoms with Gasteiger partial charge >= 0.3 is 8.60 Å². The highest BCUT2D eigenvalue weighted by Gasteiger charge is 2.28. The molecule has 1 aromatic carbocycles. The zero-order valence-corrected chi connectivity index (χ0v) is 12.1.